The molecule has 130 valence electrons. The molecule has 1 fully saturated rings. The first-order valence-electron chi connectivity index (χ1n) is 8.60. The van der Waals surface area contributed by atoms with Gasteiger partial charge in [-0.1, -0.05) is 18.2 Å². The largest absolute Gasteiger partial charge is 0.378 e. The number of aromatic nitrogens is 4. The number of H-pyrrole nitrogens is 1. The highest BCUT2D eigenvalue weighted by atomic mass is 16.5. The van der Waals surface area contributed by atoms with Gasteiger partial charge in [-0.15, -0.1) is 0 Å². The van der Waals surface area contributed by atoms with Crippen LogP contribution in [0.1, 0.15) is 0 Å². The second kappa shape index (κ2) is 5.96. The van der Waals surface area contributed by atoms with Crippen molar-refractivity contribution in [3.63, 3.8) is 0 Å². The first-order chi connectivity index (χ1) is 12.8. The van der Waals surface area contributed by atoms with Gasteiger partial charge in [-0.25, -0.2) is 4.98 Å². The third-order valence-corrected chi connectivity index (χ3v) is 4.69. The number of rotatable bonds is 2. The van der Waals surface area contributed by atoms with Crippen LogP contribution in [0.2, 0.25) is 0 Å². The van der Waals surface area contributed by atoms with Gasteiger partial charge in [0.25, 0.3) is 5.56 Å². The average molecular weight is 347 g/mol. The van der Waals surface area contributed by atoms with Gasteiger partial charge in [0.15, 0.2) is 0 Å². The summed E-state index contributed by atoms with van der Waals surface area (Å²) in [5.41, 5.74) is 3.30. The minimum Gasteiger partial charge on any atom is -0.378 e. The first kappa shape index (κ1) is 15.1. The Balaban J connectivity index is 1.70. The molecule has 0 saturated carbocycles. The maximum Gasteiger partial charge on any atom is 0.282 e. The molecule has 3 aliphatic rings. The molecule has 3 aliphatic heterocycles. The van der Waals surface area contributed by atoms with Crippen molar-refractivity contribution in [3.8, 4) is 16.9 Å². The summed E-state index contributed by atoms with van der Waals surface area (Å²) < 4.78 is 6.85. The highest BCUT2D eigenvalue weighted by molar-refractivity contribution is 5.91. The van der Waals surface area contributed by atoms with E-state index in [9.17, 15) is 4.79 Å². The number of anilines is 1. The maximum atomic E-state index is 12.8. The molecule has 0 unspecified atom stereocenters. The second-order valence-electron chi connectivity index (χ2n) is 6.27. The summed E-state index contributed by atoms with van der Waals surface area (Å²) in [6.45, 7) is 3.01. The van der Waals surface area contributed by atoms with E-state index in [1.807, 2.05) is 42.5 Å². The maximum absolute atomic E-state index is 12.8. The molecule has 1 aromatic heterocycles. The standard InChI is InChI=1S/C19H17N5O2/c25-19-14-12-20-15-6-7-16(23-8-10-26-11-9-23)21-18(15)17(14)22-24(19)13-4-2-1-3-5-13/h1-7,12,20H,8-11H2. The number of morpholine rings is 1. The quantitative estimate of drug-likeness (QED) is 0.601. The molecule has 0 spiro atoms. The molecule has 7 nitrogen and oxygen atoms in total. The number of benzene rings is 1. The Labute approximate surface area is 149 Å². The van der Waals surface area contributed by atoms with Crippen LogP contribution in [0.3, 0.4) is 0 Å². The van der Waals surface area contributed by atoms with Crippen molar-refractivity contribution in [2.45, 2.75) is 0 Å². The number of para-hydroxylation sites is 1. The predicted octanol–water partition coefficient (Wildman–Crippen LogP) is 2.05. The molecule has 26 heavy (non-hydrogen) atoms. The van der Waals surface area contributed by atoms with Gasteiger partial charge < -0.3 is 14.6 Å². The molecule has 0 aliphatic carbocycles. The van der Waals surface area contributed by atoms with Crippen LogP contribution in [-0.2, 0) is 4.74 Å². The number of hydrogen-bond acceptors (Lipinski definition) is 5. The van der Waals surface area contributed by atoms with Crippen molar-refractivity contribution >= 4 is 16.9 Å². The van der Waals surface area contributed by atoms with Crippen molar-refractivity contribution in [2.75, 3.05) is 31.2 Å². The van der Waals surface area contributed by atoms with E-state index >= 15 is 0 Å². The van der Waals surface area contributed by atoms with E-state index in [2.05, 4.69) is 15.0 Å². The van der Waals surface area contributed by atoms with Gasteiger partial charge in [0.1, 0.15) is 17.0 Å². The summed E-state index contributed by atoms with van der Waals surface area (Å²) in [6.07, 6.45) is 1.71. The van der Waals surface area contributed by atoms with E-state index < -0.39 is 0 Å². The van der Waals surface area contributed by atoms with Crippen LogP contribution in [0, 0.1) is 0 Å². The first-order valence-corrected chi connectivity index (χ1v) is 8.60. The molecule has 0 radical (unpaired) electrons. The molecule has 4 heterocycles. The van der Waals surface area contributed by atoms with Crippen LogP contribution >= 0.6 is 0 Å². The highest BCUT2D eigenvalue weighted by Gasteiger charge is 2.21. The number of pyridine rings is 2. The molecule has 7 heteroatoms. The number of hydrogen-bond donors (Lipinski definition) is 1. The zero-order chi connectivity index (χ0) is 17.5. The van der Waals surface area contributed by atoms with Gasteiger partial charge in [0.2, 0.25) is 0 Å². The van der Waals surface area contributed by atoms with Gasteiger partial charge in [0, 0.05) is 19.3 Å². The Kier molecular flexibility index (Phi) is 3.46. The minimum atomic E-state index is -0.150. The smallest absolute Gasteiger partial charge is 0.282 e. The molecule has 0 atom stereocenters. The molecule has 2 aromatic rings. The van der Waals surface area contributed by atoms with Crippen LogP contribution in [0.15, 0.2) is 53.5 Å². The van der Waals surface area contributed by atoms with Crippen molar-refractivity contribution in [1.82, 2.24) is 19.7 Å². The Morgan fingerprint density at radius 1 is 1.04 bits per heavy atom. The van der Waals surface area contributed by atoms with E-state index in [-0.39, 0.29) is 5.56 Å². The van der Waals surface area contributed by atoms with E-state index in [1.165, 1.54) is 4.68 Å². The lowest BCUT2D eigenvalue weighted by Gasteiger charge is -2.27. The van der Waals surface area contributed by atoms with Crippen LogP contribution in [0.25, 0.3) is 28.0 Å². The third-order valence-electron chi connectivity index (χ3n) is 4.69. The fraction of sp³-hybridized carbons (Fsp3) is 0.211. The van der Waals surface area contributed by atoms with Crippen LogP contribution in [0.4, 0.5) is 5.82 Å². The fourth-order valence-corrected chi connectivity index (χ4v) is 3.33. The number of nitrogens with one attached hydrogen (secondary N) is 1. The summed E-state index contributed by atoms with van der Waals surface area (Å²) in [4.78, 5) is 22.9. The van der Waals surface area contributed by atoms with Crippen molar-refractivity contribution < 1.29 is 4.74 Å². The molecule has 1 aromatic carbocycles. The zero-order valence-electron chi connectivity index (χ0n) is 14.1. The normalized spacial score (nSPS) is 15.0. The number of fused-ring (bicyclic) bond motifs is 3. The average Bonchev–Trinajstić information content (AvgIpc) is 3.06. The minimum absolute atomic E-state index is 0.150. The van der Waals surface area contributed by atoms with E-state index in [0.717, 1.165) is 30.1 Å². The van der Waals surface area contributed by atoms with Crippen LogP contribution in [-0.4, -0.2) is 46.1 Å². The van der Waals surface area contributed by atoms with Crippen molar-refractivity contribution in [1.29, 1.82) is 0 Å². The molecule has 5 rings (SSSR count). The van der Waals surface area contributed by atoms with Gasteiger partial charge >= 0.3 is 0 Å². The lowest BCUT2D eigenvalue weighted by atomic mass is 10.2. The van der Waals surface area contributed by atoms with Gasteiger partial charge in [-0.2, -0.15) is 9.78 Å². The van der Waals surface area contributed by atoms with Crippen molar-refractivity contribution in [2.24, 2.45) is 0 Å². The van der Waals surface area contributed by atoms with Crippen molar-refractivity contribution in [3.05, 3.63) is 59.0 Å². The molecule has 0 amide bonds. The summed E-state index contributed by atoms with van der Waals surface area (Å²) >= 11 is 0. The zero-order valence-corrected chi connectivity index (χ0v) is 14.1. The predicted molar refractivity (Wildman–Crippen MR) is 99.1 cm³/mol. The molecule has 1 N–H and O–H groups in total. The van der Waals surface area contributed by atoms with Crippen LogP contribution < -0.4 is 10.5 Å². The van der Waals surface area contributed by atoms with Gasteiger partial charge in [-0.05, 0) is 24.3 Å². The number of aromatic amines is 1. The fourth-order valence-electron chi connectivity index (χ4n) is 3.33. The Morgan fingerprint density at radius 3 is 2.65 bits per heavy atom. The number of nitrogens with zero attached hydrogens (tertiary/aromatic N) is 4. The van der Waals surface area contributed by atoms with E-state index in [1.54, 1.807) is 6.20 Å². The highest BCUT2D eigenvalue weighted by Crippen LogP contribution is 2.27. The summed E-state index contributed by atoms with van der Waals surface area (Å²) in [6, 6.07) is 13.4. The Morgan fingerprint density at radius 2 is 1.85 bits per heavy atom. The summed E-state index contributed by atoms with van der Waals surface area (Å²) in [5.74, 6) is 0.878. The third kappa shape index (κ3) is 2.36. The summed E-state index contributed by atoms with van der Waals surface area (Å²) in [7, 11) is 0. The Bertz CT molecular complexity index is 1100. The lowest BCUT2D eigenvalue weighted by molar-refractivity contribution is 0.122. The van der Waals surface area contributed by atoms with Gasteiger partial charge in [0.05, 0.1) is 30.0 Å². The number of ether oxygens (including phenoxy) is 1. The van der Waals surface area contributed by atoms with E-state index in [4.69, 9.17) is 9.72 Å². The molecular weight excluding hydrogens is 330 g/mol. The van der Waals surface area contributed by atoms with Gasteiger partial charge in [-0.3, -0.25) is 4.79 Å². The van der Waals surface area contributed by atoms with Crippen LogP contribution in [0.5, 0.6) is 0 Å². The summed E-state index contributed by atoms with van der Waals surface area (Å²) in [5, 5.41) is 4.58. The van der Waals surface area contributed by atoms with E-state index in [0.29, 0.717) is 30.0 Å². The molecular formula is C19H17N5O2. The second-order valence-corrected chi connectivity index (χ2v) is 6.27. The SMILES string of the molecule is O=c1c2c[nH]c3ccc(N4CCOCC4)nc3c-2nn1-c1ccccc1. The monoisotopic (exact) mass is 347 g/mol. The molecule has 1 saturated heterocycles. The topological polar surface area (TPSA) is 76.0 Å². The Hall–Kier alpha value is -3.19. The lowest BCUT2D eigenvalue weighted by Crippen LogP contribution is -2.36. The molecule has 0 bridgehead atoms.